The van der Waals surface area contributed by atoms with Crippen molar-refractivity contribution in [3.63, 3.8) is 0 Å². The molecule has 1 aliphatic carbocycles. The van der Waals surface area contributed by atoms with E-state index < -0.39 is 0 Å². The third kappa shape index (κ3) is 4.01. The van der Waals surface area contributed by atoms with E-state index in [0.717, 1.165) is 42.5 Å². The smallest absolute Gasteiger partial charge is 0.341 e. The molecule has 0 unspecified atom stereocenters. The van der Waals surface area contributed by atoms with Crippen molar-refractivity contribution in [3.05, 3.63) is 39.2 Å². The lowest BCUT2D eigenvalue weighted by Gasteiger charge is -2.34. The number of nitrogens with one attached hydrogen (secondary N) is 1. The van der Waals surface area contributed by atoms with Gasteiger partial charge in [-0.2, -0.15) is 0 Å². The number of nitrogens with zero attached hydrogens (tertiary/aromatic N) is 1. The van der Waals surface area contributed by atoms with Crippen LogP contribution < -0.4 is 15.0 Å². The van der Waals surface area contributed by atoms with Crippen LogP contribution in [0, 0.1) is 0 Å². The van der Waals surface area contributed by atoms with Crippen LogP contribution in [0.15, 0.2) is 18.2 Å². The summed E-state index contributed by atoms with van der Waals surface area (Å²) in [6.45, 7) is 4.52. The standard InChI is InChI=1S/C22H25ClN2O4S/c1-3-14-12-25(16-11-13(23)9-10-17(16)29-14)22(27)24-20-19(21(26)28-4-2)15-7-5-6-8-18(15)30-20/h9-11,14H,3-8,12H2,1-2H3,(H,24,27)/t14-/m0/s1. The molecule has 0 saturated carbocycles. The van der Waals surface area contributed by atoms with Crippen molar-refractivity contribution >= 4 is 45.6 Å². The highest BCUT2D eigenvalue weighted by Crippen LogP contribution is 2.40. The maximum atomic E-state index is 13.3. The van der Waals surface area contributed by atoms with Gasteiger partial charge in [0, 0.05) is 9.90 Å². The second-order valence-corrected chi connectivity index (χ2v) is 8.98. The van der Waals surface area contributed by atoms with Gasteiger partial charge in [-0.15, -0.1) is 11.3 Å². The van der Waals surface area contributed by atoms with Gasteiger partial charge >= 0.3 is 12.0 Å². The van der Waals surface area contributed by atoms with Crippen molar-refractivity contribution in [2.45, 2.75) is 52.1 Å². The molecule has 4 rings (SSSR count). The number of anilines is 2. The Balaban J connectivity index is 1.67. The van der Waals surface area contributed by atoms with Crippen molar-refractivity contribution in [2.75, 3.05) is 23.4 Å². The van der Waals surface area contributed by atoms with Crippen LogP contribution >= 0.6 is 22.9 Å². The molecule has 1 N–H and O–H groups in total. The van der Waals surface area contributed by atoms with Gasteiger partial charge in [0.1, 0.15) is 16.9 Å². The molecule has 0 radical (unpaired) electrons. The molecule has 1 aromatic heterocycles. The number of halogens is 1. The van der Waals surface area contributed by atoms with Gasteiger partial charge in [0.05, 0.1) is 24.4 Å². The topological polar surface area (TPSA) is 67.9 Å². The molecule has 8 heteroatoms. The maximum absolute atomic E-state index is 13.3. The summed E-state index contributed by atoms with van der Waals surface area (Å²) in [5, 5.41) is 4.08. The normalized spacial score (nSPS) is 17.6. The van der Waals surface area contributed by atoms with E-state index in [1.165, 1.54) is 11.3 Å². The van der Waals surface area contributed by atoms with Crippen LogP contribution in [0.1, 0.15) is 53.9 Å². The molecule has 1 aromatic carbocycles. The Morgan fingerprint density at radius 2 is 2.10 bits per heavy atom. The van der Waals surface area contributed by atoms with Crippen LogP contribution in [0.5, 0.6) is 5.75 Å². The number of benzene rings is 1. The molecular formula is C22H25ClN2O4S. The lowest BCUT2D eigenvalue weighted by molar-refractivity contribution is 0.0526. The van der Waals surface area contributed by atoms with Gasteiger partial charge in [-0.1, -0.05) is 18.5 Å². The van der Waals surface area contributed by atoms with Crippen LogP contribution in [0.3, 0.4) is 0 Å². The fourth-order valence-corrected chi connectivity index (χ4v) is 5.40. The molecule has 160 valence electrons. The number of rotatable bonds is 4. The van der Waals surface area contributed by atoms with Crippen molar-refractivity contribution in [2.24, 2.45) is 0 Å². The van der Waals surface area contributed by atoms with E-state index in [9.17, 15) is 9.59 Å². The van der Waals surface area contributed by atoms with Gasteiger partial charge in [0.2, 0.25) is 0 Å². The molecule has 0 spiro atoms. The third-order valence-corrected chi connectivity index (χ3v) is 6.91. The average molecular weight is 449 g/mol. The minimum Gasteiger partial charge on any atom is -0.486 e. The van der Waals surface area contributed by atoms with E-state index >= 15 is 0 Å². The Kier molecular flexibility index (Phi) is 6.20. The number of ether oxygens (including phenoxy) is 2. The second-order valence-electron chi connectivity index (χ2n) is 7.44. The Bertz CT molecular complexity index is 974. The minimum absolute atomic E-state index is 0.106. The third-order valence-electron chi connectivity index (χ3n) is 5.46. The highest BCUT2D eigenvalue weighted by Gasteiger charge is 2.32. The first-order valence-electron chi connectivity index (χ1n) is 10.4. The number of carbonyl (C=O) groups excluding carboxylic acids is 2. The molecule has 30 heavy (non-hydrogen) atoms. The number of hydrogen-bond acceptors (Lipinski definition) is 5. The molecule has 0 saturated heterocycles. The number of carbonyl (C=O) groups is 2. The highest BCUT2D eigenvalue weighted by molar-refractivity contribution is 7.17. The van der Waals surface area contributed by atoms with Gasteiger partial charge in [-0.05, 0) is 62.8 Å². The molecular weight excluding hydrogens is 424 g/mol. The summed E-state index contributed by atoms with van der Waals surface area (Å²) in [4.78, 5) is 28.8. The molecule has 2 amide bonds. The number of aryl methyl sites for hydroxylation is 1. The molecule has 2 aromatic rings. The van der Waals surface area contributed by atoms with Crippen LogP contribution in [-0.4, -0.2) is 31.3 Å². The van der Waals surface area contributed by atoms with E-state index in [1.807, 2.05) is 6.92 Å². The van der Waals surface area contributed by atoms with Crippen LogP contribution in [0.25, 0.3) is 0 Å². The second kappa shape index (κ2) is 8.86. The number of esters is 1. The van der Waals surface area contributed by atoms with Gasteiger partial charge in [-0.3, -0.25) is 10.2 Å². The van der Waals surface area contributed by atoms with E-state index in [1.54, 1.807) is 30.0 Å². The Morgan fingerprint density at radius 1 is 1.30 bits per heavy atom. The molecule has 2 heterocycles. The summed E-state index contributed by atoms with van der Waals surface area (Å²) < 4.78 is 11.3. The van der Waals surface area contributed by atoms with E-state index in [4.69, 9.17) is 21.1 Å². The molecule has 2 aliphatic rings. The fraction of sp³-hybridized carbons (Fsp3) is 0.455. The first kappa shape index (κ1) is 21.0. The van der Waals surface area contributed by atoms with Gasteiger partial charge in [0.25, 0.3) is 0 Å². The Morgan fingerprint density at radius 3 is 2.87 bits per heavy atom. The zero-order chi connectivity index (χ0) is 21.3. The Hall–Kier alpha value is -2.25. The van der Waals surface area contributed by atoms with Crippen LogP contribution in [0.4, 0.5) is 15.5 Å². The number of fused-ring (bicyclic) bond motifs is 2. The fourth-order valence-electron chi connectivity index (χ4n) is 3.96. The summed E-state index contributed by atoms with van der Waals surface area (Å²) in [5.74, 6) is 0.257. The lowest BCUT2D eigenvalue weighted by atomic mass is 9.95. The number of amides is 2. The predicted molar refractivity (Wildman–Crippen MR) is 119 cm³/mol. The van der Waals surface area contributed by atoms with Crippen molar-refractivity contribution in [1.29, 1.82) is 0 Å². The average Bonchev–Trinajstić information content (AvgIpc) is 3.10. The predicted octanol–water partition coefficient (Wildman–Crippen LogP) is 5.67. The molecule has 1 atom stereocenters. The summed E-state index contributed by atoms with van der Waals surface area (Å²) in [6, 6.07) is 4.96. The summed E-state index contributed by atoms with van der Waals surface area (Å²) in [7, 11) is 0. The first-order valence-corrected chi connectivity index (χ1v) is 11.6. The highest BCUT2D eigenvalue weighted by atomic mass is 35.5. The number of thiophene rings is 1. The summed E-state index contributed by atoms with van der Waals surface area (Å²) >= 11 is 7.66. The molecule has 1 aliphatic heterocycles. The largest absolute Gasteiger partial charge is 0.486 e. The number of hydrogen-bond donors (Lipinski definition) is 1. The van der Waals surface area contributed by atoms with Gasteiger partial charge in [0.15, 0.2) is 0 Å². The van der Waals surface area contributed by atoms with Crippen molar-refractivity contribution in [1.82, 2.24) is 0 Å². The maximum Gasteiger partial charge on any atom is 0.341 e. The van der Waals surface area contributed by atoms with E-state index in [-0.39, 0.29) is 18.1 Å². The zero-order valence-corrected chi connectivity index (χ0v) is 18.7. The zero-order valence-electron chi connectivity index (χ0n) is 17.1. The first-order chi connectivity index (χ1) is 14.5. The minimum atomic E-state index is -0.371. The number of urea groups is 1. The lowest BCUT2D eigenvalue weighted by Crippen LogP contribution is -2.45. The quantitative estimate of drug-likeness (QED) is 0.612. The van der Waals surface area contributed by atoms with Crippen molar-refractivity contribution in [3.8, 4) is 5.75 Å². The van der Waals surface area contributed by atoms with Gasteiger partial charge < -0.3 is 9.47 Å². The molecule has 6 nitrogen and oxygen atoms in total. The van der Waals surface area contributed by atoms with E-state index in [0.29, 0.717) is 40.2 Å². The van der Waals surface area contributed by atoms with Gasteiger partial charge in [-0.25, -0.2) is 9.59 Å². The van der Waals surface area contributed by atoms with Crippen LogP contribution in [-0.2, 0) is 17.6 Å². The van der Waals surface area contributed by atoms with Crippen LogP contribution in [0.2, 0.25) is 5.02 Å². The molecule has 0 fully saturated rings. The molecule has 0 bridgehead atoms. The van der Waals surface area contributed by atoms with Crippen molar-refractivity contribution < 1.29 is 19.1 Å². The summed E-state index contributed by atoms with van der Waals surface area (Å²) in [5.41, 5.74) is 2.16. The van der Waals surface area contributed by atoms with E-state index in [2.05, 4.69) is 5.32 Å². The SMILES string of the molecule is CCOC(=O)c1c(NC(=O)N2C[C@H](CC)Oc3ccc(Cl)cc32)sc2c1CCCC2. The monoisotopic (exact) mass is 448 g/mol. The summed E-state index contributed by atoms with van der Waals surface area (Å²) in [6.07, 6.45) is 4.56. The Labute approximate surface area is 185 Å².